The first-order valence-electron chi connectivity index (χ1n) is 10.8. The van der Waals surface area contributed by atoms with E-state index in [1.165, 1.54) is 0 Å². The molecule has 5 nitrogen and oxygen atoms in total. The van der Waals surface area contributed by atoms with Crippen LogP contribution in [-0.2, 0) is 23.9 Å². The van der Waals surface area contributed by atoms with Crippen molar-refractivity contribution in [2.45, 2.75) is 79.9 Å². The van der Waals surface area contributed by atoms with Gasteiger partial charge in [0.2, 0.25) is 0 Å². The Kier molecular flexibility index (Phi) is 7.49. The van der Waals surface area contributed by atoms with Gasteiger partial charge in [0.1, 0.15) is 18.0 Å². The number of ether oxygens (including phenoxy) is 2. The molecule has 2 aliphatic carbocycles. The van der Waals surface area contributed by atoms with Gasteiger partial charge in [-0.1, -0.05) is 38.2 Å². The molecule has 2 aliphatic rings. The Balaban J connectivity index is 2.55. The van der Waals surface area contributed by atoms with Gasteiger partial charge in [-0.3, -0.25) is 4.79 Å². The van der Waals surface area contributed by atoms with Crippen LogP contribution in [0.5, 0.6) is 0 Å². The largest absolute Gasteiger partial charge is 0.455 e. The first-order chi connectivity index (χ1) is 14.0. The van der Waals surface area contributed by atoms with Gasteiger partial charge in [0.25, 0.3) is 0 Å². The maximum atomic E-state index is 12.7. The summed E-state index contributed by atoms with van der Waals surface area (Å²) in [6, 6.07) is 0. The van der Waals surface area contributed by atoms with Crippen LogP contribution in [0.15, 0.2) is 35.5 Å². The van der Waals surface area contributed by atoms with Crippen molar-refractivity contribution in [3.63, 3.8) is 0 Å². The predicted molar refractivity (Wildman–Crippen MR) is 117 cm³/mol. The zero-order valence-corrected chi connectivity index (χ0v) is 19.4. The van der Waals surface area contributed by atoms with E-state index in [0.717, 1.165) is 12.0 Å². The van der Waals surface area contributed by atoms with Gasteiger partial charge in [-0.05, 0) is 52.4 Å². The molecular weight excluding hydrogens is 380 g/mol. The van der Waals surface area contributed by atoms with Crippen molar-refractivity contribution in [1.29, 1.82) is 0 Å². The highest BCUT2D eigenvalue weighted by molar-refractivity contribution is 5.89. The van der Waals surface area contributed by atoms with E-state index in [2.05, 4.69) is 20.4 Å². The predicted octanol–water partition coefficient (Wildman–Crippen LogP) is 4.96. The third-order valence-electron chi connectivity index (χ3n) is 7.36. The van der Waals surface area contributed by atoms with Crippen molar-refractivity contribution >= 4 is 17.7 Å². The lowest BCUT2D eigenvalue weighted by Crippen LogP contribution is -2.59. The zero-order valence-electron chi connectivity index (χ0n) is 19.4. The molecule has 0 aliphatic heterocycles. The normalized spacial score (nSPS) is 34.8. The quantitative estimate of drug-likeness (QED) is 0.360. The summed E-state index contributed by atoms with van der Waals surface area (Å²) in [5, 5.41) is 0. The zero-order chi connectivity index (χ0) is 22.8. The number of carbonyl (C=O) groups is 3. The molecule has 0 aromatic rings. The van der Waals surface area contributed by atoms with Crippen molar-refractivity contribution in [2.24, 2.45) is 23.2 Å². The molecule has 166 valence electrons. The summed E-state index contributed by atoms with van der Waals surface area (Å²) in [6.45, 7) is 17.3. The lowest BCUT2D eigenvalue weighted by atomic mass is 9.51. The van der Waals surface area contributed by atoms with E-state index >= 15 is 0 Å². The number of carbonyl (C=O) groups excluding carboxylic acids is 3. The second-order valence-corrected chi connectivity index (χ2v) is 9.30. The van der Waals surface area contributed by atoms with Crippen LogP contribution < -0.4 is 0 Å². The number of ketones is 1. The van der Waals surface area contributed by atoms with Crippen molar-refractivity contribution in [3.05, 3.63) is 35.5 Å². The van der Waals surface area contributed by atoms with Crippen LogP contribution in [0.25, 0.3) is 0 Å². The van der Waals surface area contributed by atoms with E-state index in [-0.39, 0.29) is 29.0 Å². The Morgan fingerprint density at radius 2 is 1.50 bits per heavy atom. The molecule has 0 unspecified atom stereocenters. The van der Waals surface area contributed by atoms with Gasteiger partial charge in [-0.15, -0.1) is 0 Å². The SMILES string of the molecule is C=C(C)[C@H]1C[C@@]2(C)[C@H](CC(=O)C[C@@H]2C)[C@H](OC(=O)/C(C)=C\C)[C@@H]1OC(=O)/C(C)=C/C. The van der Waals surface area contributed by atoms with Crippen LogP contribution in [0, 0.1) is 23.2 Å². The molecule has 0 aromatic heterocycles. The van der Waals surface area contributed by atoms with Crippen molar-refractivity contribution < 1.29 is 23.9 Å². The van der Waals surface area contributed by atoms with Gasteiger partial charge in [-0.25, -0.2) is 9.59 Å². The smallest absolute Gasteiger partial charge is 0.333 e. The summed E-state index contributed by atoms with van der Waals surface area (Å²) in [7, 11) is 0. The Morgan fingerprint density at radius 1 is 1.00 bits per heavy atom. The summed E-state index contributed by atoms with van der Waals surface area (Å²) >= 11 is 0. The van der Waals surface area contributed by atoms with Crippen molar-refractivity contribution in [3.8, 4) is 0 Å². The molecule has 0 aromatic carbocycles. The first kappa shape index (κ1) is 24.1. The summed E-state index contributed by atoms with van der Waals surface area (Å²) < 4.78 is 11.9. The average Bonchev–Trinajstić information content (AvgIpc) is 2.69. The van der Waals surface area contributed by atoms with Gasteiger partial charge in [-0.2, -0.15) is 0 Å². The van der Waals surface area contributed by atoms with Crippen molar-refractivity contribution in [1.82, 2.24) is 0 Å². The minimum Gasteiger partial charge on any atom is -0.455 e. The fraction of sp³-hybridized carbons (Fsp3) is 0.640. The highest BCUT2D eigenvalue weighted by Crippen LogP contribution is 2.56. The van der Waals surface area contributed by atoms with E-state index in [9.17, 15) is 14.4 Å². The monoisotopic (exact) mass is 416 g/mol. The molecule has 0 spiro atoms. The number of allylic oxidation sites excluding steroid dienone is 2. The highest BCUT2D eigenvalue weighted by Gasteiger charge is 2.58. The maximum absolute atomic E-state index is 12.7. The Labute approximate surface area is 180 Å². The molecule has 0 N–H and O–H groups in total. The molecule has 0 heterocycles. The number of hydrogen-bond acceptors (Lipinski definition) is 5. The average molecular weight is 417 g/mol. The summed E-state index contributed by atoms with van der Waals surface area (Å²) in [5.41, 5.74) is 1.65. The minimum absolute atomic E-state index is 0.142. The van der Waals surface area contributed by atoms with Crippen molar-refractivity contribution in [2.75, 3.05) is 0 Å². The molecule has 2 fully saturated rings. The minimum atomic E-state index is -0.701. The van der Waals surface area contributed by atoms with Gasteiger partial charge in [0.05, 0.1) is 0 Å². The van der Waals surface area contributed by atoms with Crippen LogP contribution in [0.1, 0.15) is 67.7 Å². The van der Waals surface area contributed by atoms with Crippen LogP contribution >= 0.6 is 0 Å². The van der Waals surface area contributed by atoms with Crippen LogP contribution in [0.3, 0.4) is 0 Å². The van der Waals surface area contributed by atoms with Gasteiger partial charge >= 0.3 is 11.9 Å². The van der Waals surface area contributed by atoms with E-state index in [1.807, 2.05) is 6.92 Å². The van der Waals surface area contributed by atoms with Gasteiger partial charge < -0.3 is 9.47 Å². The molecule has 0 radical (unpaired) electrons. The standard InChI is InChI=1S/C25H36O5/c1-9-15(5)23(27)29-21-19(14(3)4)13-25(8)17(7)11-18(26)12-20(25)22(21)30-24(28)16(6)10-2/h9-10,17,19-22H,3,11-13H2,1-2,4-8H3/b15-9+,16-10-/t17-,19+,20+,21+,22-,25+/m0/s1. The molecule has 0 amide bonds. The molecule has 30 heavy (non-hydrogen) atoms. The maximum Gasteiger partial charge on any atom is 0.333 e. The number of esters is 2. The third kappa shape index (κ3) is 4.60. The molecule has 0 saturated heterocycles. The summed E-state index contributed by atoms with van der Waals surface area (Å²) in [4.78, 5) is 37.9. The fourth-order valence-electron chi connectivity index (χ4n) is 4.82. The number of Topliss-reactive ketones (excluding diaryl/α,β-unsaturated/α-hetero) is 1. The van der Waals surface area contributed by atoms with Crippen LogP contribution in [0.4, 0.5) is 0 Å². The lowest BCUT2D eigenvalue weighted by molar-refractivity contribution is -0.198. The highest BCUT2D eigenvalue weighted by atomic mass is 16.6. The van der Waals surface area contributed by atoms with E-state index in [4.69, 9.17) is 9.47 Å². The first-order valence-corrected chi connectivity index (χ1v) is 10.8. The summed E-state index contributed by atoms with van der Waals surface area (Å²) in [6.07, 6.45) is 3.61. The molecule has 0 bridgehead atoms. The van der Waals surface area contributed by atoms with Crippen LogP contribution in [-0.4, -0.2) is 29.9 Å². The Hall–Kier alpha value is -2.17. The number of fused-ring (bicyclic) bond motifs is 1. The number of hydrogen-bond donors (Lipinski definition) is 0. The topological polar surface area (TPSA) is 69.7 Å². The lowest BCUT2D eigenvalue weighted by Gasteiger charge is -2.56. The fourth-order valence-corrected chi connectivity index (χ4v) is 4.82. The molecular formula is C25H36O5. The van der Waals surface area contributed by atoms with E-state index in [1.54, 1.807) is 39.8 Å². The second kappa shape index (κ2) is 9.32. The third-order valence-corrected chi connectivity index (χ3v) is 7.36. The van der Waals surface area contributed by atoms with Gasteiger partial charge in [0, 0.05) is 35.8 Å². The van der Waals surface area contributed by atoms with Gasteiger partial charge in [0.15, 0.2) is 0 Å². The Morgan fingerprint density at radius 3 is 1.97 bits per heavy atom. The number of rotatable bonds is 5. The van der Waals surface area contributed by atoms with Crippen LogP contribution in [0.2, 0.25) is 0 Å². The van der Waals surface area contributed by atoms with E-state index in [0.29, 0.717) is 24.0 Å². The molecule has 2 rings (SSSR count). The Bertz CT molecular complexity index is 789. The molecule has 6 atom stereocenters. The molecule has 2 saturated carbocycles. The second-order valence-electron chi connectivity index (χ2n) is 9.30. The summed E-state index contributed by atoms with van der Waals surface area (Å²) in [5.74, 6) is -0.931. The van der Waals surface area contributed by atoms with E-state index < -0.39 is 24.1 Å². The molecule has 5 heteroatoms.